The van der Waals surface area contributed by atoms with Gasteiger partial charge in [-0.2, -0.15) is 0 Å². The van der Waals surface area contributed by atoms with Crippen molar-refractivity contribution in [3.05, 3.63) is 53.1 Å². The zero-order valence-electron chi connectivity index (χ0n) is 12.2. The number of benzene rings is 2. The molecule has 1 aliphatic rings. The van der Waals surface area contributed by atoms with Crippen LogP contribution in [0.4, 0.5) is 0 Å². The highest BCUT2D eigenvalue weighted by atomic mass is 16.5. The van der Waals surface area contributed by atoms with E-state index in [1.807, 2.05) is 0 Å². The fourth-order valence-corrected chi connectivity index (χ4v) is 2.71. The highest BCUT2D eigenvalue weighted by molar-refractivity contribution is 5.70. The number of ether oxygens (including phenoxy) is 1. The summed E-state index contributed by atoms with van der Waals surface area (Å²) in [6.07, 6.45) is 1.03. The molecule has 0 amide bonds. The predicted molar refractivity (Wildman–Crippen MR) is 83.2 cm³/mol. The fourth-order valence-electron chi connectivity index (χ4n) is 2.71. The minimum Gasteiger partial charge on any atom is -0.493 e. The van der Waals surface area contributed by atoms with Crippen molar-refractivity contribution < 1.29 is 4.74 Å². The highest BCUT2D eigenvalue weighted by Crippen LogP contribution is 2.32. The molecular formula is C18H21NO. The van der Waals surface area contributed by atoms with Gasteiger partial charge in [-0.05, 0) is 59.5 Å². The fraction of sp³-hybridized carbons (Fsp3) is 0.333. The smallest absolute Gasteiger partial charge is 0.122 e. The van der Waals surface area contributed by atoms with E-state index in [0.29, 0.717) is 0 Å². The van der Waals surface area contributed by atoms with Crippen LogP contribution in [0.2, 0.25) is 0 Å². The lowest BCUT2D eigenvalue weighted by atomic mass is 9.96. The second-order valence-electron chi connectivity index (χ2n) is 5.35. The number of hydrogen-bond donors (Lipinski definition) is 1. The first-order valence-electron chi connectivity index (χ1n) is 7.34. The van der Waals surface area contributed by atoms with E-state index >= 15 is 0 Å². The standard InChI is InChI=1S/C18H21NO/c1-3-19-12-14-5-4-13(2)17(10-14)15-6-7-18-16(11-15)8-9-20-18/h4-7,10-11,19H,3,8-9,12H2,1-2H3. The van der Waals surface area contributed by atoms with Gasteiger partial charge in [0.05, 0.1) is 6.61 Å². The molecule has 2 aromatic carbocycles. The van der Waals surface area contributed by atoms with Crippen LogP contribution in [-0.4, -0.2) is 13.2 Å². The molecule has 2 nitrogen and oxygen atoms in total. The lowest BCUT2D eigenvalue weighted by Gasteiger charge is -2.11. The van der Waals surface area contributed by atoms with E-state index in [9.17, 15) is 0 Å². The molecule has 2 heteroatoms. The molecule has 0 atom stereocenters. The summed E-state index contributed by atoms with van der Waals surface area (Å²) in [6.45, 7) is 7.06. The molecule has 0 aromatic heterocycles. The minimum atomic E-state index is 0.818. The zero-order valence-corrected chi connectivity index (χ0v) is 12.2. The van der Waals surface area contributed by atoms with E-state index in [1.54, 1.807) is 0 Å². The number of fused-ring (bicyclic) bond motifs is 1. The van der Waals surface area contributed by atoms with Crippen molar-refractivity contribution in [1.29, 1.82) is 0 Å². The lowest BCUT2D eigenvalue weighted by Crippen LogP contribution is -2.11. The topological polar surface area (TPSA) is 21.3 Å². The summed E-state index contributed by atoms with van der Waals surface area (Å²) < 4.78 is 5.59. The largest absolute Gasteiger partial charge is 0.493 e. The summed E-state index contributed by atoms with van der Waals surface area (Å²) in [5.41, 5.74) is 6.62. The average molecular weight is 267 g/mol. The van der Waals surface area contributed by atoms with Crippen LogP contribution in [0.5, 0.6) is 5.75 Å². The van der Waals surface area contributed by atoms with Gasteiger partial charge in [0.2, 0.25) is 0 Å². The maximum absolute atomic E-state index is 5.59. The molecule has 0 bridgehead atoms. The quantitative estimate of drug-likeness (QED) is 0.912. The van der Waals surface area contributed by atoms with Gasteiger partial charge in [-0.15, -0.1) is 0 Å². The number of hydrogen-bond acceptors (Lipinski definition) is 2. The van der Waals surface area contributed by atoms with Gasteiger partial charge in [-0.1, -0.05) is 25.1 Å². The molecule has 1 N–H and O–H groups in total. The molecule has 20 heavy (non-hydrogen) atoms. The highest BCUT2D eigenvalue weighted by Gasteiger charge is 2.13. The van der Waals surface area contributed by atoms with Crippen molar-refractivity contribution in [3.8, 4) is 16.9 Å². The number of nitrogens with one attached hydrogen (secondary N) is 1. The minimum absolute atomic E-state index is 0.818. The van der Waals surface area contributed by atoms with Crippen LogP contribution >= 0.6 is 0 Å². The van der Waals surface area contributed by atoms with Crippen molar-refractivity contribution in [3.63, 3.8) is 0 Å². The van der Waals surface area contributed by atoms with Gasteiger partial charge in [-0.3, -0.25) is 0 Å². The third-order valence-electron chi connectivity index (χ3n) is 3.88. The predicted octanol–water partition coefficient (Wildman–Crippen LogP) is 3.71. The van der Waals surface area contributed by atoms with E-state index in [2.05, 4.69) is 55.6 Å². The van der Waals surface area contributed by atoms with Gasteiger partial charge in [0, 0.05) is 13.0 Å². The Morgan fingerprint density at radius 2 is 2.05 bits per heavy atom. The summed E-state index contributed by atoms with van der Waals surface area (Å²) in [5.74, 6) is 1.05. The van der Waals surface area contributed by atoms with E-state index in [0.717, 1.165) is 31.9 Å². The van der Waals surface area contributed by atoms with E-state index < -0.39 is 0 Å². The molecule has 104 valence electrons. The maximum Gasteiger partial charge on any atom is 0.122 e. The molecule has 0 aliphatic carbocycles. The Morgan fingerprint density at radius 3 is 2.90 bits per heavy atom. The van der Waals surface area contributed by atoms with Crippen LogP contribution in [0.25, 0.3) is 11.1 Å². The zero-order chi connectivity index (χ0) is 13.9. The van der Waals surface area contributed by atoms with Crippen molar-refractivity contribution in [2.45, 2.75) is 26.8 Å². The van der Waals surface area contributed by atoms with E-state index in [-0.39, 0.29) is 0 Å². The second-order valence-corrected chi connectivity index (χ2v) is 5.35. The van der Waals surface area contributed by atoms with Crippen LogP contribution in [0, 0.1) is 6.92 Å². The SMILES string of the molecule is CCNCc1ccc(C)c(-c2ccc3c(c2)CCO3)c1. The Labute approximate surface area is 120 Å². The van der Waals surface area contributed by atoms with Crippen molar-refractivity contribution in [2.24, 2.45) is 0 Å². The monoisotopic (exact) mass is 267 g/mol. The maximum atomic E-state index is 5.59. The molecule has 0 radical (unpaired) electrons. The third-order valence-corrected chi connectivity index (χ3v) is 3.88. The summed E-state index contributed by atoms with van der Waals surface area (Å²) in [7, 11) is 0. The Kier molecular flexibility index (Phi) is 3.75. The van der Waals surface area contributed by atoms with Crippen LogP contribution in [0.1, 0.15) is 23.6 Å². The second kappa shape index (κ2) is 5.68. The average Bonchev–Trinajstić information content (AvgIpc) is 2.93. The van der Waals surface area contributed by atoms with Crippen LogP contribution in [-0.2, 0) is 13.0 Å². The number of rotatable bonds is 4. The van der Waals surface area contributed by atoms with Gasteiger partial charge in [0.15, 0.2) is 0 Å². The first-order valence-corrected chi connectivity index (χ1v) is 7.34. The Hall–Kier alpha value is -1.80. The molecule has 1 aliphatic heterocycles. The summed E-state index contributed by atoms with van der Waals surface area (Å²) in [6, 6.07) is 13.3. The summed E-state index contributed by atoms with van der Waals surface area (Å²) >= 11 is 0. The molecule has 0 fully saturated rings. The van der Waals surface area contributed by atoms with E-state index in [1.165, 1.54) is 27.8 Å². The Balaban J connectivity index is 1.96. The Morgan fingerprint density at radius 1 is 1.15 bits per heavy atom. The van der Waals surface area contributed by atoms with Crippen molar-refractivity contribution in [2.75, 3.05) is 13.2 Å². The lowest BCUT2D eigenvalue weighted by molar-refractivity contribution is 0.357. The van der Waals surface area contributed by atoms with Crippen LogP contribution in [0.3, 0.4) is 0 Å². The number of aryl methyl sites for hydroxylation is 1. The van der Waals surface area contributed by atoms with Gasteiger partial charge >= 0.3 is 0 Å². The van der Waals surface area contributed by atoms with Crippen molar-refractivity contribution in [1.82, 2.24) is 5.32 Å². The first kappa shape index (κ1) is 13.2. The van der Waals surface area contributed by atoms with Crippen LogP contribution < -0.4 is 10.1 Å². The Bertz CT molecular complexity index is 619. The van der Waals surface area contributed by atoms with Crippen LogP contribution in [0.15, 0.2) is 36.4 Å². The molecule has 2 aromatic rings. The molecule has 0 saturated carbocycles. The molecule has 1 heterocycles. The third kappa shape index (κ3) is 2.56. The molecule has 0 saturated heterocycles. The van der Waals surface area contributed by atoms with Gasteiger partial charge in [0.1, 0.15) is 5.75 Å². The normalized spacial score (nSPS) is 13.1. The van der Waals surface area contributed by atoms with Crippen molar-refractivity contribution >= 4 is 0 Å². The van der Waals surface area contributed by atoms with Gasteiger partial charge < -0.3 is 10.1 Å². The molecule has 0 unspecified atom stereocenters. The molecule has 3 rings (SSSR count). The molecule has 0 spiro atoms. The summed E-state index contributed by atoms with van der Waals surface area (Å²) in [5, 5.41) is 3.38. The van der Waals surface area contributed by atoms with E-state index in [4.69, 9.17) is 4.74 Å². The van der Waals surface area contributed by atoms with Gasteiger partial charge in [-0.25, -0.2) is 0 Å². The van der Waals surface area contributed by atoms with Gasteiger partial charge in [0.25, 0.3) is 0 Å². The summed E-state index contributed by atoms with van der Waals surface area (Å²) in [4.78, 5) is 0. The first-order chi connectivity index (χ1) is 9.78. The molecular weight excluding hydrogens is 246 g/mol.